The minimum absolute atomic E-state index is 0.989. The molecule has 6 fully saturated rings. The Hall–Kier alpha value is 0.137. The zero-order valence-corrected chi connectivity index (χ0v) is 17.1. The molecule has 25 heavy (non-hydrogen) atoms. The molecule has 1 spiro atoms. The molecule has 6 aliphatic rings. The fourth-order valence-corrected chi connectivity index (χ4v) is 18.8. The molecule has 0 aromatic heterocycles. The van der Waals surface area contributed by atoms with Gasteiger partial charge in [0.1, 0.15) is 0 Å². The van der Waals surface area contributed by atoms with Crippen LogP contribution in [0.25, 0.3) is 0 Å². The van der Waals surface area contributed by atoms with Crippen LogP contribution >= 0.6 is 0 Å². The second-order valence-corrected chi connectivity index (χ2v) is 14.9. The summed E-state index contributed by atoms with van der Waals surface area (Å²) in [6.07, 6.45) is 20.3. The smallest absolute Gasteiger partial charge is 0.152 e. The third-order valence-corrected chi connectivity index (χ3v) is 16.9. The van der Waals surface area contributed by atoms with Crippen molar-refractivity contribution in [1.82, 2.24) is 9.88 Å². The molecular formula is C22H38N2Si. The molecule has 7 atom stereocenters. The fraction of sp³-hybridized carbons (Fsp3) is 1.00. The first-order chi connectivity index (χ1) is 12.4. The van der Waals surface area contributed by atoms with Crippen LogP contribution in [0.15, 0.2) is 0 Å². The lowest BCUT2D eigenvalue weighted by Gasteiger charge is -2.51. The van der Waals surface area contributed by atoms with Crippen molar-refractivity contribution in [2.45, 2.75) is 106 Å². The highest BCUT2D eigenvalue weighted by molar-refractivity contribution is 6.83. The molecule has 0 radical (unpaired) electrons. The number of hydrogen-bond donors (Lipinski definition) is 1. The zero-order valence-electron chi connectivity index (χ0n) is 16.1. The lowest BCUT2D eigenvalue weighted by Crippen LogP contribution is -2.67. The van der Waals surface area contributed by atoms with Gasteiger partial charge in [-0.15, -0.1) is 0 Å². The van der Waals surface area contributed by atoms with E-state index in [0.29, 0.717) is 0 Å². The standard InChI is InChI=1S/C22H38N2Si/c1-3-12-20-16(8-1)17-9-2-4-13-21(17)25(20)22-18(10-7-14-23-22)19-11-5-6-15-24(19)25/h16-23H,1-15H2. The Morgan fingerprint density at radius 2 is 1.28 bits per heavy atom. The van der Waals surface area contributed by atoms with Gasteiger partial charge in [-0.05, 0) is 67.6 Å². The van der Waals surface area contributed by atoms with Crippen molar-refractivity contribution in [3.8, 4) is 0 Å². The summed E-state index contributed by atoms with van der Waals surface area (Å²) in [6.45, 7) is 2.84. The van der Waals surface area contributed by atoms with E-state index in [2.05, 4.69) is 9.88 Å². The van der Waals surface area contributed by atoms with Crippen molar-refractivity contribution in [1.29, 1.82) is 0 Å². The summed E-state index contributed by atoms with van der Waals surface area (Å²) in [5.74, 6) is 3.34. The van der Waals surface area contributed by atoms with Gasteiger partial charge in [-0.3, -0.25) is 0 Å². The van der Waals surface area contributed by atoms with Gasteiger partial charge in [0.15, 0.2) is 8.24 Å². The molecule has 4 saturated heterocycles. The molecule has 2 nitrogen and oxygen atoms in total. The molecule has 0 amide bonds. The summed E-state index contributed by atoms with van der Waals surface area (Å²) in [5.41, 5.74) is 3.34. The van der Waals surface area contributed by atoms with Crippen molar-refractivity contribution in [3.05, 3.63) is 0 Å². The predicted octanol–water partition coefficient (Wildman–Crippen LogP) is 4.84. The molecule has 2 saturated carbocycles. The molecule has 7 unspecified atom stereocenters. The van der Waals surface area contributed by atoms with Crippen LogP contribution in [0.5, 0.6) is 0 Å². The van der Waals surface area contributed by atoms with E-state index in [4.69, 9.17) is 0 Å². The Bertz CT molecular complexity index is 429. The van der Waals surface area contributed by atoms with Gasteiger partial charge in [-0.1, -0.05) is 57.8 Å². The minimum Gasteiger partial charge on any atom is -0.319 e. The molecule has 6 rings (SSSR count). The average molecular weight is 359 g/mol. The Labute approximate surface area is 155 Å². The maximum absolute atomic E-state index is 4.26. The average Bonchev–Trinajstić information content (AvgIpc) is 3.16. The van der Waals surface area contributed by atoms with Gasteiger partial charge in [-0.25, -0.2) is 0 Å². The second kappa shape index (κ2) is 6.07. The first-order valence-electron chi connectivity index (χ1n) is 11.9. The van der Waals surface area contributed by atoms with E-state index < -0.39 is 8.24 Å². The third kappa shape index (κ3) is 2.04. The summed E-state index contributed by atoms with van der Waals surface area (Å²) < 4.78 is 3.35. The van der Waals surface area contributed by atoms with Crippen molar-refractivity contribution in [2.75, 3.05) is 13.1 Å². The lowest BCUT2D eigenvalue weighted by atomic mass is 9.73. The SMILES string of the molecule is C1CCC2C(C1)C1CCCCC1[Si]21C2NCCCC2C2CCCCN21. The van der Waals surface area contributed by atoms with E-state index >= 15 is 0 Å². The summed E-state index contributed by atoms with van der Waals surface area (Å²) >= 11 is 0. The zero-order chi connectivity index (χ0) is 16.4. The molecule has 0 bridgehead atoms. The van der Waals surface area contributed by atoms with Gasteiger partial charge in [0.2, 0.25) is 0 Å². The number of fused-ring (bicyclic) bond motifs is 10. The summed E-state index contributed by atoms with van der Waals surface area (Å²) in [7, 11) is -1.40. The molecule has 4 heterocycles. The van der Waals surface area contributed by atoms with E-state index in [-0.39, 0.29) is 0 Å². The molecule has 0 aromatic carbocycles. The van der Waals surface area contributed by atoms with E-state index in [9.17, 15) is 0 Å². The maximum atomic E-state index is 4.26. The Balaban J connectivity index is 1.50. The minimum atomic E-state index is -1.40. The molecule has 3 heteroatoms. The van der Waals surface area contributed by atoms with Crippen LogP contribution in [0.3, 0.4) is 0 Å². The molecular weight excluding hydrogens is 320 g/mol. The van der Waals surface area contributed by atoms with Gasteiger partial charge in [0, 0.05) is 11.7 Å². The summed E-state index contributed by atoms with van der Waals surface area (Å²) in [4.78, 5) is 0. The fourth-order valence-electron chi connectivity index (χ4n) is 9.55. The number of hydrogen-bond acceptors (Lipinski definition) is 2. The monoisotopic (exact) mass is 358 g/mol. The van der Waals surface area contributed by atoms with Crippen molar-refractivity contribution >= 4 is 8.24 Å². The molecule has 1 N–H and O–H groups in total. The molecule has 2 aliphatic carbocycles. The number of nitrogens with one attached hydrogen (secondary N) is 1. The maximum Gasteiger partial charge on any atom is 0.152 e. The van der Waals surface area contributed by atoms with Crippen LogP contribution in [-0.2, 0) is 0 Å². The Kier molecular flexibility index (Phi) is 3.91. The van der Waals surface area contributed by atoms with Crippen LogP contribution < -0.4 is 5.32 Å². The molecule has 140 valence electrons. The van der Waals surface area contributed by atoms with Gasteiger partial charge < -0.3 is 9.88 Å². The van der Waals surface area contributed by atoms with Crippen LogP contribution in [-0.4, -0.2) is 37.6 Å². The number of piperidine rings is 2. The van der Waals surface area contributed by atoms with Crippen molar-refractivity contribution in [3.63, 3.8) is 0 Å². The number of rotatable bonds is 0. The topological polar surface area (TPSA) is 15.3 Å². The van der Waals surface area contributed by atoms with Crippen LogP contribution in [0, 0.1) is 17.8 Å². The van der Waals surface area contributed by atoms with Crippen LogP contribution in [0.2, 0.25) is 11.1 Å². The van der Waals surface area contributed by atoms with Gasteiger partial charge >= 0.3 is 0 Å². The lowest BCUT2D eigenvalue weighted by molar-refractivity contribution is 0.188. The normalized spacial score (nSPS) is 55.4. The Morgan fingerprint density at radius 1 is 0.640 bits per heavy atom. The molecule has 0 aromatic rings. The highest BCUT2D eigenvalue weighted by Crippen LogP contribution is 2.69. The second-order valence-electron chi connectivity index (χ2n) is 10.5. The first-order valence-corrected chi connectivity index (χ1v) is 14.1. The largest absolute Gasteiger partial charge is 0.319 e. The van der Waals surface area contributed by atoms with Gasteiger partial charge in [0.25, 0.3) is 0 Å². The van der Waals surface area contributed by atoms with E-state index in [1.54, 1.807) is 64.2 Å². The van der Waals surface area contributed by atoms with Crippen molar-refractivity contribution in [2.24, 2.45) is 17.8 Å². The van der Waals surface area contributed by atoms with Crippen LogP contribution in [0.4, 0.5) is 0 Å². The number of nitrogens with zero attached hydrogens (tertiary/aromatic N) is 1. The van der Waals surface area contributed by atoms with Gasteiger partial charge in [-0.2, -0.15) is 0 Å². The quantitative estimate of drug-likeness (QED) is 0.623. The van der Waals surface area contributed by atoms with E-state index in [1.807, 2.05) is 0 Å². The third-order valence-electron chi connectivity index (χ3n) is 9.92. The highest BCUT2D eigenvalue weighted by atomic mass is 28.3. The van der Waals surface area contributed by atoms with E-state index in [0.717, 1.165) is 29.5 Å². The Morgan fingerprint density at radius 3 is 2.04 bits per heavy atom. The highest BCUT2D eigenvalue weighted by Gasteiger charge is 2.73. The van der Waals surface area contributed by atoms with Crippen molar-refractivity contribution < 1.29 is 0 Å². The van der Waals surface area contributed by atoms with Crippen LogP contribution in [0.1, 0.15) is 83.5 Å². The first kappa shape index (κ1) is 16.1. The predicted molar refractivity (Wildman–Crippen MR) is 106 cm³/mol. The summed E-state index contributed by atoms with van der Waals surface area (Å²) in [6, 6.07) is 1.00. The van der Waals surface area contributed by atoms with E-state index in [1.165, 1.54) is 43.4 Å². The van der Waals surface area contributed by atoms with Gasteiger partial charge in [0.05, 0.1) is 0 Å². The molecule has 4 aliphatic heterocycles. The summed E-state index contributed by atoms with van der Waals surface area (Å²) in [5, 5.41) is 4.26.